The number of hydrogen-bond donors (Lipinski definition) is 1. The molecule has 0 saturated carbocycles. The number of nitrogens with one attached hydrogen (secondary N) is 1. The molecule has 7 nitrogen and oxygen atoms in total. The third kappa shape index (κ3) is 4.22. The van der Waals surface area contributed by atoms with Gasteiger partial charge in [-0.15, -0.1) is 0 Å². The maximum Gasteiger partial charge on any atom is 0.248 e. The highest BCUT2D eigenvalue weighted by Crippen LogP contribution is 2.22. The van der Waals surface area contributed by atoms with Gasteiger partial charge in [-0.2, -0.15) is 4.31 Å². The summed E-state index contributed by atoms with van der Waals surface area (Å²) in [6, 6.07) is 7.44. The zero-order valence-electron chi connectivity index (χ0n) is 15.8. The Morgan fingerprint density at radius 1 is 1.19 bits per heavy atom. The first-order valence-electron chi connectivity index (χ1n) is 9.04. The lowest BCUT2D eigenvalue weighted by atomic mass is 9.92. The average molecular weight is 391 g/mol. The Balaban J connectivity index is 1.78. The Labute approximate surface area is 159 Å². The number of amides is 1. The van der Waals surface area contributed by atoms with Crippen molar-refractivity contribution in [3.63, 3.8) is 0 Å². The maximum atomic E-state index is 12.9. The number of carbonyl (C=O) groups is 1. The van der Waals surface area contributed by atoms with Crippen molar-refractivity contribution in [1.29, 1.82) is 0 Å². The van der Waals surface area contributed by atoms with Crippen LogP contribution in [0.4, 0.5) is 0 Å². The highest BCUT2D eigenvalue weighted by atomic mass is 32.2. The summed E-state index contributed by atoms with van der Waals surface area (Å²) in [6.45, 7) is 5.36. The van der Waals surface area contributed by atoms with Crippen LogP contribution in [0.15, 0.2) is 40.0 Å². The summed E-state index contributed by atoms with van der Waals surface area (Å²) in [5.41, 5.74) is 0.322. The average Bonchev–Trinajstić information content (AvgIpc) is 2.60. The van der Waals surface area contributed by atoms with Crippen LogP contribution >= 0.6 is 0 Å². The smallest absolute Gasteiger partial charge is 0.248 e. The topological polar surface area (TPSA) is 90.6 Å². The van der Waals surface area contributed by atoms with Crippen LogP contribution in [0.2, 0.25) is 0 Å². The molecule has 146 valence electrons. The molecule has 27 heavy (non-hydrogen) atoms. The van der Waals surface area contributed by atoms with Crippen molar-refractivity contribution in [2.24, 2.45) is 11.8 Å². The second kappa shape index (κ2) is 7.44. The van der Waals surface area contributed by atoms with Crippen LogP contribution < -0.4 is 5.56 Å². The van der Waals surface area contributed by atoms with E-state index >= 15 is 0 Å². The third-order valence-electron chi connectivity index (χ3n) is 4.98. The van der Waals surface area contributed by atoms with Gasteiger partial charge >= 0.3 is 0 Å². The minimum Gasteiger partial charge on any atom is -0.341 e. The molecule has 2 atom stereocenters. The van der Waals surface area contributed by atoms with Crippen LogP contribution in [0.5, 0.6) is 0 Å². The first kappa shape index (κ1) is 19.6. The number of fused-ring (bicyclic) bond motifs is 1. The summed E-state index contributed by atoms with van der Waals surface area (Å²) >= 11 is 0. The van der Waals surface area contributed by atoms with E-state index in [0.717, 1.165) is 10.7 Å². The number of pyridine rings is 1. The monoisotopic (exact) mass is 391 g/mol. The number of aromatic nitrogens is 1. The maximum absolute atomic E-state index is 12.9. The van der Waals surface area contributed by atoms with Crippen molar-refractivity contribution in [2.75, 3.05) is 26.7 Å². The first-order chi connectivity index (χ1) is 12.7. The Kier molecular flexibility index (Phi) is 5.39. The molecule has 1 fully saturated rings. The summed E-state index contributed by atoms with van der Waals surface area (Å²) < 4.78 is 26.8. The molecule has 1 N–H and O–H groups in total. The van der Waals surface area contributed by atoms with Crippen LogP contribution in [0.25, 0.3) is 10.9 Å². The molecule has 1 saturated heterocycles. The standard InChI is InChI=1S/C19H25N3O4S/c1-13-8-14(2)11-22(10-13)19(24)12-21(3)27(25,26)16-5-6-17-15(9-16)4-7-18(23)20-17/h4-7,9,13-14H,8,10-12H2,1-3H3,(H,20,23). The van der Waals surface area contributed by atoms with Gasteiger partial charge in [-0.25, -0.2) is 8.42 Å². The molecule has 2 aromatic rings. The number of carbonyl (C=O) groups excluding carboxylic acids is 1. The van der Waals surface area contributed by atoms with Gasteiger partial charge in [-0.3, -0.25) is 9.59 Å². The van der Waals surface area contributed by atoms with Gasteiger partial charge in [0.1, 0.15) is 0 Å². The summed E-state index contributed by atoms with van der Waals surface area (Å²) in [7, 11) is -2.39. The zero-order chi connectivity index (χ0) is 19.8. The summed E-state index contributed by atoms with van der Waals surface area (Å²) in [5.74, 6) is 0.661. The van der Waals surface area contributed by atoms with Crippen molar-refractivity contribution < 1.29 is 13.2 Å². The van der Waals surface area contributed by atoms with Crippen molar-refractivity contribution >= 4 is 26.8 Å². The molecule has 2 heterocycles. The predicted molar refractivity (Wildman–Crippen MR) is 104 cm³/mol. The molecule has 8 heteroatoms. The van der Waals surface area contributed by atoms with Crippen LogP contribution in [0.1, 0.15) is 20.3 Å². The van der Waals surface area contributed by atoms with Gasteiger partial charge in [0.05, 0.1) is 11.4 Å². The summed E-state index contributed by atoms with van der Waals surface area (Å²) in [5, 5.41) is 0.620. The first-order valence-corrected chi connectivity index (χ1v) is 10.5. The van der Waals surface area contributed by atoms with Crippen LogP contribution in [0.3, 0.4) is 0 Å². The lowest BCUT2D eigenvalue weighted by Gasteiger charge is -2.35. The molecule has 1 aliphatic rings. The Morgan fingerprint density at radius 2 is 1.85 bits per heavy atom. The SMILES string of the molecule is CC1CC(C)CN(C(=O)CN(C)S(=O)(=O)c2ccc3[nH]c(=O)ccc3c2)C1. The molecule has 0 spiro atoms. The number of rotatable bonds is 4. The number of aromatic amines is 1. The molecule has 0 aliphatic carbocycles. The van der Waals surface area contributed by atoms with Crippen LogP contribution in [0, 0.1) is 11.8 Å². The number of likely N-dealkylation sites (tertiary alicyclic amines) is 1. The molecule has 1 aliphatic heterocycles. The number of benzene rings is 1. The number of piperidine rings is 1. The van der Waals surface area contributed by atoms with Gasteiger partial charge in [0.2, 0.25) is 21.5 Å². The Morgan fingerprint density at radius 3 is 2.52 bits per heavy atom. The largest absolute Gasteiger partial charge is 0.341 e. The second-order valence-corrected chi connectivity index (χ2v) is 9.62. The van der Waals surface area contributed by atoms with E-state index in [9.17, 15) is 18.0 Å². The quantitative estimate of drug-likeness (QED) is 0.858. The number of H-pyrrole nitrogens is 1. The number of likely N-dealkylation sites (N-methyl/N-ethyl adjacent to an activating group) is 1. The van der Waals surface area contributed by atoms with Gasteiger partial charge in [0.15, 0.2) is 0 Å². The van der Waals surface area contributed by atoms with E-state index in [2.05, 4.69) is 18.8 Å². The van der Waals surface area contributed by atoms with E-state index in [-0.39, 0.29) is 22.9 Å². The van der Waals surface area contributed by atoms with E-state index in [1.54, 1.807) is 17.0 Å². The molecule has 1 aromatic carbocycles. The van der Waals surface area contributed by atoms with Crippen LogP contribution in [-0.2, 0) is 14.8 Å². The minimum atomic E-state index is -3.81. The van der Waals surface area contributed by atoms with Crippen molar-refractivity contribution in [1.82, 2.24) is 14.2 Å². The minimum absolute atomic E-state index is 0.0951. The van der Waals surface area contributed by atoms with E-state index in [0.29, 0.717) is 35.8 Å². The van der Waals surface area contributed by atoms with Crippen molar-refractivity contribution in [2.45, 2.75) is 25.2 Å². The van der Waals surface area contributed by atoms with Gasteiger partial charge in [-0.05, 0) is 47.9 Å². The highest BCUT2D eigenvalue weighted by Gasteiger charge is 2.29. The fourth-order valence-corrected chi connectivity index (χ4v) is 4.87. The Bertz CT molecular complexity index is 1010. The van der Waals surface area contributed by atoms with E-state index in [1.165, 1.54) is 25.2 Å². The number of nitrogens with zero attached hydrogens (tertiary/aromatic N) is 2. The van der Waals surface area contributed by atoms with E-state index in [4.69, 9.17) is 0 Å². The lowest BCUT2D eigenvalue weighted by molar-refractivity contribution is -0.133. The molecular formula is C19H25N3O4S. The van der Waals surface area contributed by atoms with Gasteiger partial charge < -0.3 is 9.88 Å². The van der Waals surface area contributed by atoms with E-state index < -0.39 is 10.0 Å². The fourth-order valence-electron chi connectivity index (χ4n) is 3.71. The molecule has 3 rings (SSSR count). The highest BCUT2D eigenvalue weighted by molar-refractivity contribution is 7.89. The molecule has 2 unspecified atom stereocenters. The molecular weight excluding hydrogens is 366 g/mol. The number of hydrogen-bond acceptors (Lipinski definition) is 4. The normalized spacial score (nSPS) is 21.0. The third-order valence-corrected chi connectivity index (χ3v) is 6.78. The zero-order valence-corrected chi connectivity index (χ0v) is 16.6. The molecule has 0 radical (unpaired) electrons. The van der Waals surface area contributed by atoms with Crippen LogP contribution in [-0.4, -0.2) is 55.2 Å². The summed E-state index contributed by atoms with van der Waals surface area (Å²) in [6.07, 6.45) is 1.08. The molecule has 1 amide bonds. The van der Waals surface area contributed by atoms with Crippen molar-refractivity contribution in [3.8, 4) is 0 Å². The van der Waals surface area contributed by atoms with Gasteiger partial charge in [0, 0.05) is 31.7 Å². The number of sulfonamides is 1. The van der Waals surface area contributed by atoms with Crippen molar-refractivity contribution in [3.05, 3.63) is 40.7 Å². The van der Waals surface area contributed by atoms with E-state index in [1.807, 2.05) is 0 Å². The summed E-state index contributed by atoms with van der Waals surface area (Å²) in [4.78, 5) is 28.5. The van der Waals surface area contributed by atoms with Gasteiger partial charge in [0.25, 0.3) is 0 Å². The predicted octanol–water partition coefficient (Wildman–Crippen LogP) is 1.65. The fraction of sp³-hybridized carbons (Fsp3) is 0.474. The Hall–Kier alpha value is -2.19. The second-order valence-electron chi connectivity index (χ2n) is 7.58. The lowest BCUT2D eigenvalue weighted by Crippen LogP contribution is -2.47. The molecule has 0 bridgehead atoms. The molecule has 1 aromatic heterocycles. The van der Waals surface area contributed by atoms with Gasteiger partial charge in [-0.1, -0.05) is 13.8 Å².